The van der Waals surface area contributed by atoms with Crippen molar-refractivity contribution in [3.63, 3.8) is 0 Å². The molecule has 114 valence electrons. The average Bonchev–Trinajstić information content (AvgIpc) is 2.80. The lowest BCUT2D eigenvalue weighted by Crippen LogP contribution is -2.36. The van der Waals surface area contributed by atoms with Crippen molar-refractivity contribution in [2.24, 2.45) is 0 Å². The van der Waals surface area contributed by atoms with E-state index in [0.717, 1.165) is 6.54 Å². The van der Waals surface area contributed by atoms with Gasteiger partial charge in [0.1, 0.15) is 5.60 Å². The van der Waals surface area contributed by atoms with Crippen molar-refractivity contribution in [3.05, 3.63) is 35.2 Å². The Balaban J connectivity index is 1.70. The van der Waals surface area contributed by atoms with E-state index < -0.39 is 5.60 Å². The highest BCUT2D eigenvalue weighted by molar-refractivity contribution is 7.17. The van der Waals surface area contributed by atoms with Gasteiger partial charge in [-0.2, -0.15) is 0 Å². The predicted octanol–water partition coefficient (Wildman–Crippen LogP) is 3.52. The summed E-state index contributed by atoms with van der Waals surface area (Å²) < 4.78 is 6.48. The molecule has 21 heavy (non-hydrogen) atoms. The molecule has 0 fully saturated rings. The Morgan fingerprint density at radius 2 is 2.00 bits per heavy atom. The Kier molecular flexibility index (Phi) is 5.20. The Hall–Kier alpha value is -1.59. The Morgan fingerprint density at radius 1 is 1.24 bits per heavy atom. The highest BCUT2D eigenvalue weighted by Crippen LogP contribution is 2.25. The molecule has 0 bridgehead atoms. The number of hydrogen-bond acceptors (Lipinski definition) is 4. The minimum absolute atomic E-state index is 0.370. The minimum Gasteiger partial charge on any atom is -0.444 e. The van der Waals surface area contributed by atoms with Crippen molar-refractivity contribution in [2.75, 3.05) is 13.1 Å². The summed E-state index contributed by atoms with van der Waals surface area (Å²) in [5.74, 6) is 0. The standard InChI is InChI=1S/C16H22N2O2S/c1-16(2,3)20-15(19)18-9-8-17-10-12-11-21-14-7-5-4-6-13(12)14/h4-7,11,17H,8-10H2,1-3H3,(H,18,19). The summed E-state index contributed by atoms with van der Waals surface area (Å²) in [6.45, 7) is 7.63. The molecule has 5 heteroatoms. The van der Waals surface area contributed by atoms with Crippen LogP contribution in [-0.4, -0.2) is 24.8 Å². The van der Waals surface area contributed by atoms with Gasteiger partial charge in [-0.1, -0.05) is 18.2 Å². The highest BCUT2D eigenvalue weighted by atomic mass is 32.1. The third-order valence-electron chi connectivity index (χ3n) is 2.85. The van der Waals surface area contributed by atoms with Gasteiger partial charge in [0, 0.05) is 24.3 Å². The van der Waals surface area contributed by atoms with Crippen molar-refractivity contribution in [1.29, 1.82) is 0 Å². The van der Waals surface area contributed by atoms with E-state index in [2.05, 4.69) is 40.3 Å². The molecule has 0 radical (unpaired) electrons. The van der Waals surface area contributed by atoms with E-state index in [4.69, 9.17) is 4.74 Å². The van der Waals surface area contributed by atoms with Crippen LogP contribution in [0.1, 0.15) is 26.3 Å². The number of alkyl carbamates (subject to hydrolysis) is 1. The highest BCUT2D eigenvalue weighted by Gasteiger charge is 2.15. The van der Waals surface area contributed by atoms with Gasteiger partial charge in [-0.25, -0.2) is 4.79 Å². The normalized spacial score (nSPS) is 11.6. The lowest BCUT2D eigenvalue weighted by molar-refractivity contribution is 0.0528. The number of fused-ring (bicyclic) bond motifs is 1. The van der Waals surface area contributed by atoms with Crippen molar-refractivity contribution in [3.8, 4) is 0 Å². The maximum Gasteiger partial charge on any atom is 0.407 e. The van der Waals surface area contributed by atoms with Crippen LogP contribution in [0.2, 0.25) is 0 Å². The molecular weight excluding hydrogens is 284 g/mol. The molecule has 0 aliphatic rings. The number of benzene rings is 1. The van der Waals surface area contributed by atoms with Gasteiger partial charge in [0.15, 0.2) is 0 Å². The number of rotatable bonds is 5. The van der Waals surface area contributed by atoms with Crippen LogP contribution in [-0.2, 0) is 11.3 Å². The van der Waals surface area contributed by atoms with Crippen LogP contribution in [0.25, 0.3) is 10.1 Å². The Bertz CT molecular complexity index is 602. The van der Waals surface area contributed by atoms with Crippen LogP contribution in [0.4, 0.5) is 4.79 Å². The lowest BCUT2D eigenvalue weighted by atomic mass is 10.2. The summed E-state index contributed by atoms with van der Waals surface area (Å²) in [4.78, 5) is 11.5. The van der Waals surface area contributed by atoms with Crippen molar-refractivity contribution in [2.45, 2.75) is 32.9 Å². The molecular formula is C16H22N2O2S. The maximum absolute atomic E-state index is 11.5. The molecule has 2 N–H and O–H groups in total. The van der Waals surface area contributed by atoms with Crippen molar-refractivity contribution >= 4 is 27.5 Å². The average molecular weight is 306 g/mol. The third-order valence-corrected chi connectivity index (χ3v) is 3.86. The molecule has 2 rings (SSSR count). The number of thiophene rings is 1. The zero-order valence-electron chi connectivity index (χ0n) is 12.7. The van der Waals surface area contributed by atoms with Gasteiger partial charge in [-0.05, 0) is 43.2 Å². The molecule has 1 amide bonds. The number of nitrogens with one attached hydrogen (secondary N) is 2. The van der Waals surface area contributed by atoms with Gasteiger partial charge >= 0.3 is 6.09 Å². The molecule has 1 aromatic heterocycles. The first-order chi connectivity index (χ1) is 9.96. The first kappa shape index (κ1) is 15.8. The van der Waals surface area contributed by atoms with Crippen LogP contribution >= 0.6 is 11.3 Å². The summed E-state index contributed by atoms with van der Waals surface area (Å²) in [6, 6.07) is 8.39. The first-order valence-corrected chi connectivity index (χ1v) is 7.96. The molecule has 0 aliphatic heterocycles. The second kappa shape index (κ2) is 6.91. The van der Waals surface area contributed by atoms with E-state index in [-0.39, 0.29) is 6.09 Å². The molecule has 4 nitrogen and oxygen atoms in total. The van der Waals surface area contributed by atoms with E-state index in [9.17, 15) is 4.79 Å². The Labute approximate surface area is 129 Å². The maximum atomic E-state index is 11.5. The van der Waals surface area contributed by atoms with Gasteiger partial charge in [-0.15, -0.1) is 11.3 Å². The molecule has 0 aliphatic carbocycles. The minimum atomic E-state index is -0.451. The van der Waals surface area contributed by atoms with Gasteiger partial charge in [-0.3, -0.25) is 0 Å². The van der Waals surface area contributed by atoms with Gasteiger partial charge < -0.3 is 15.4 Å². The summed E-state index contributed by atoms with van der Waals surface area (Å²) in [7, 11) is 0. The van der Waals surface area contributed by atoms with E-state index in [1.807, 2.05) is 20.8 Å². The van der Waals surface area contributed by atoms with Crippen LogP contribution < -0.4 is 10.6 Å². The van der Waals surface area contributed by atoms with Gasteiger partial charge in [0.25, 0.3) is 0 Å². The zero-order valence-corrected chi connectivity index (χ0v) is 13.5. The molecule has 2 aromatic rings. The molecule has 0 spiro atoms. The lowest BCUT2D eigenvalue weighted by Gasteiger charge is -2.19. The molecule has 0 saturated heterocycles. The van der Waals surface area contributed by atoms with E-state index in [1.54, 1.807) is 11.3 Å². The van der Waals surface area contributed by atoms with Crippen molar-refractivity contribution in [1.82, 2.24) is 10.6 Å². The summed E-state index contributed by atoms with van der Waals surface area (Å²) in [5, 5.41) is 9.55. The van der Waals surface area contributed by atoms with Crippen molar-refractivity contribution < 1.29 is 9.53 Å². The molecule has 0 saturated carbocycles. The molecule has 0 atom stereocenters. The third kappa shape index (κ3) is 5.02. The fourth-order valence-corrected chi connectivity index (χ4v) is 2.92. The molecule has 1 heterocycles. The van der Waals surface area contributed by atoms with Crippen LogP contribution in [0.5, 0.6) is 0 Å². The van der Waals surface area contributed by atoms with Crippen LogP contribution in [0.3, 0.4) is 0 Å². The summed E-state index contributed by atoms with van der Waals surface area (Å²) in [6.07, 6.45) is -0.370. The van der Waals surface area contributed by atoms with E-state index >= 15 is 0 Å². The molecule has 0 unspecified atom stereocenters. The Morgan fingerprint density at radius 3 is 2.76 bits per heavy atom. The topological polar surface area (TPSA) is 50.4 Å². The second-order valence-electron chi connectivity index (χ2n) is 5.86. The summed E-state index contributed by atoms with van der Waals surface area (Å²) >= 11 is 1.76. The number of hydrogen-bond donors (Lipinski definition) is 2. The van der Waals surface area contributed by atoms with Gasteiger partial charge in [0.05, 0.1) is 0 Å². The smallest absolute Gasteiger partial charge is 0.407 e. The van der Waals surface area contributed by atoms with E-state index in [0.29, 0.717) is 13.1 Å². The number of ether oxygens (including phenoxy) is 1. The summed E-state index contributed by atoms with van der Waals surface area (Å²) in [5.41, 5.74) is 0.848. The van der Waals surface area contributed by atoms with Crippen LogP contribution in [0, 0.1) is 0 Å². The second-order valence-corrected chi connectivity index (χ2v) is 6.77. The number of carbonyl (C=O) groups excluding carboxylic acids is 1. The monoisotopic (exact) mass is 306 g/mol. The largest absolute Gasteiger partial charge is 0.444 e. The SMILES string of the molecule is CC(C)(C)OC(=O)NCCNCc1csc2ccccc12. The molecule has 1 aromatic carbocycles. The quantitative estimate of drug-likeness (QED) is 0.831. The fraction of sp³-hybridized carbons (Fsp3) is 0.438. The fourth-order valence-electron chi connectivity index (χ4n) is 1.96. The number of carbonyl (C=O) groups is 1. The van der Waals surface area contributed by atoms with Crippen LogP contribution in [0.15, 0.2) is 29.6 Å². The van der Waals surface area contributed by atoms with Gasteiger partial charge in [0.2, 0.25) is 0 Å². The van der Waals surface area contributed by atoms with E-state index in [1.165, 1.54) is 15.6 Å². The zero-order chi connectivity index (χ0) is 15.3. The predicted molar refractivity (Wildman–Crippen MR) is 87.8 cm³/mol. The first-order valence-electron chi connectivity index (χ1n) is 7.08. The number of amides is 1.